The van der Waals surface area contributed by atoms with Gasteiger partial charge in [0, 0.05) is 43.3 Å². The Labute approximate surface area is 154 Å². The summed E-state index contributed by atoms with van der Waals surface area (Å²) >= 11 is 0. The predicted octanol–water partition coefficient (Wildman–Crippen LogP) is 2.92. The van der Waals surface area contributed by atoms with Crippen LogP contribution >= 0.6 is 0 Å². The van der Waals surface area contributed by atoms with E-state index in [1.807, 2.05) is 36.6 Å². The first kappa shape index (κ1) is 18.4. The van der Waals surface area contributed by atoms with Crippen LogP contribution in [0.5, 0.6) is 11.5 Å². The number of anilines is 1. The van der Waals surface area contributed by atoms with Crippen molar-refractivity contribution in [2.24, 2.45) is 5.92 Å². The molecule has 1 fully saturated rings. The number of ether oxygens (including phenoxy) is 2. The minimum atomic E-state index is -0.0846. The molecule has 0 aromatic heterocycles. The van der Waals surface area contributed by atoms with Crippen LogP contribution in [0.4, 0.5) is 10.5 Å². The van der Waals surface area contributed by atoms with Gasteiger partial charge in [0.1, 0.15) is 0 Å². The summed E-state index contributed by atoms with van der Waals surface area (Å²) in [6.07, 6.45) is 1.36. The number of urea groups is 1. The quantitative estimate of drug-likeness (QED) is 0.895. The Morgan fingerprint density at radius 1 is 1.23 bits per heavy atom. The molecular weight excluding hydrogens is 334 g/mol. The fourth-order valence-electron chi connectivity index (χ4n) is 3.45. The number of carbonyl (C=O) groups is 2. The lowest BCUT2D eigenvalue weighted by molar-refractivity contribution is -0.121. The smallest absolute Gasteiger partial charge is 0.320 e. The lowest BCUT2D eigenvalue weighted by Crippen LogP contribution is -2.49. The first-order valence-electron chi connectivity index (χ1n) is 9.25. The van der Waals surface area contributed by atoms with Gasteiger partial charge in [0.25, 0.3) is 0 Å². The fraction of sp³-hybridized carbons (Fsp3) is 0.579. The van der Waals surface area contributed by atoms with Crippen LogP contribution in [0.3, 0.4) is 0 Å². The Kier molecular flexibility index (Phi) is 5.54. The molecule has 0 radical (unpaired) electrons. The Balaban J connectivity index is 1.53. The van der Waals surface area contributed by atoms with Gasteiger partial charge in [0.2, 0.25) is 12.7 Å². The standard InChI is InChI=1S/C19H27N3O4/c1-4-22(13(2)3)19(24)21-9-7-14(8-10-21)18(23)20-15-5-6-16-17(11-15)26-12-25-16/h5-6,11,13-14H,4,7-10,12H2,1-3H3,(H,20,23). The molecule has 0 aliphatic carbocycles. The third-order valence-electron chi connectivity index (χ3n) is 4.99. The highest BCUT2D eigenvalue weighted by Crippen LogP contribution is 2.34. The molecule has 1 N–H and O–H groups in total. The number of amides is 3. The van der Waals surface area contributed by atoms with E-state index in [0.29, 0.717) is 49.7 Å². The normalized spacial score (nSPS) is 16.7. The first-order valence-corrected chi connectivity index (χ1v) is 9.25. The van der Waals surface area contributed by atoms with Crippen molar-refractivity contribution in [3.63, 3.8) is 0 Å². The van der Waals surface area contributed by atoms with Gasteiger partial charge < -0.3 is 24.6 Å². The minimum absolute atomic E-state index is 0.00725. The van der Waals surface area contributed by atoms with Crippen molar-refractivity contribution in [2.75, 3.05) is 31.7 Å². The molecule has 26 heavy (non-hydrogen) atoms. The predicted molar refractivity (Wildman–Crippen MR) is 98.4 cm³/mol. The SMILES string of the molecule is CCN(C(=O)N1CCC(C(=O)Nc2ccc3c(c2)OCO3)CC1)C(C)C. The molecule has 2 aliphatic heterocycles. The molecule has 0 atom stereocenters. The van der Waals surface area contributed by atoms with Gasteiger partial charge in [-0.25, -0.2) is 4.79 Å². The van der Waals surface area contributed by atoms with Gasteiger partial charge in [-0.1, -0.05) is 0 Å². The summed E-state index contributed by atoms with van der Waals surface area (Å²) in [5, 5.41) is 2.95. The Bertz CT molecular complexity index is 669. The second-order valence-corrected chi connectivity index (χ2v) is 6.98. The lowest BCUT2D eigenvalue weighted by atomic mass is 9.96. The molecule has 1 saturated heterocycles. The average Bonchev–Trinajstić information content (AvgIpc) is 3.09. The van der Waals surface area contributed by atoms with Gasteiger partial charge in [0.05, 0.1) is 0 Å². The van der Waals surface area contributed by atoms with Gasteiger partial charge in [0.15, 0.2) is 11.5 Å². The fourth-order valence-corrected chi connectivity index (χ4v) is 3.45. The molecule has 0 unspecified atom stereocenters. The van der Waals surface area contributed by atoms with Gasteiger partial charge >= 0.3 is 6.03 Å². The van der Waals surface area contributed by atoms with Crippen molar-refractivity contribution >= 4 is 17.6 Å². The molecule has 7 nitrogen and oxygen atoms in total. The van der Waals surface area contributed by atoms with Crippen molar-refractivity contribution in [1.29, 1.82) is 0 Å². The van der Waals surface area contributed by atoms with Crippen LogP contribution in [0, 0.1) is 5.92 Å². The summed E-state index contributed by atoms with van der Waals surface area (Å²) in [5.74, 6) is 1.25. The Morgan fingerprint density at radius 3 is 2.58 bits per heavy atom. The Hall–Kier alpha value is -2.44. The summed E-state index contributed by atoms with van der Waals surface area (Å²) in [4.78, 5) is 28.8. The van der Waals surface area contributed by atoms with Crippen LogP contribution in [0.2, 0.25) is 0 Å². The number of nitrogens with one attached hydrogen (secondary N) is 1. The summed E-state index contributed by atoms with van der Waals surface area (Å²) < 4.78 is 10.6. The number of piperidine rings is 1. The molecule has 3 rings (SSSR count). The van der Waals surface area contributed by atoms with Crippen molar-refractivity contribution in [1.82, 2.24) is 9.80 Å². The van der Waals surface area contributed by atoms with Crippen LogP contribution in [-0.4, -0.2) is 54.2 Å². The topological polar surface area (TPSA) is 71.1 Å². The first-order chi connectivity index (χ1) is 12.5. The van der Waals surface area contributed by atoms with E-state index in [0.717, 1.165) is 0 Å². The van der Waals surface area contributed by atoms with Crippen molar-refractivity contribution < 1.29 is 19.1 Å². The highest BCUT2D eigenvalue weighted by atomic mass is 16.7. The van der Waals surface area contributed by atoms with Gasteiger partial charge in [-0.2, -0.15) is 0 Å². The second-order valence-electron chi connectivity index (χ2n) is 6.98. The largest absolute Gasteiger partial charge is 0.454 e. The average molecular weight is 361 g/mol. The highest BCUT2D eigenvalue weighted by Gasteiger charge is 2.30. The lowest BCUT2D eigenvalue weighted by Gasteiger charge is -2.36. The zero-order valence-corrected chi connectivity index (χ0v) is 15.7. The Morgan fingerprint density at radius 2 is 1.92 bits per heavy atom. The molecule has 2 aliphatic rings. The molecule has 1 aromatic carbocycles. The maximum Gasteiger partial charge on any atom is 0.320 e. The zero-order chi connectivity index (χ0) is 18.7. The van der Waals surface area contributed by atoms with E-state index >= 15 is 0 Å². The van der Waals surface area contributed by atoms with Gasteiger partial charge in [-0.3, -0.25) is 4.79 Å². The highest BCUT2D eigenvalue weighted by molar-refractivity contribution is 5.93. The maximum absolute atomic E-state index is 12.6. The zero-order valence-electron chi connectivity index (χ0n) is 15.7. The van der Waals surface area contributed by atoms with Crippen LogP contribution in [-0.2, 0) is 4.79 Å². The monoisotopic (exact) mass is 361 g/mol. The molecule has 142 valence electrons. The molecule has 0 spiro atoms. The summed E-state index contributed by atoms with van der Waals surface area (Å²) in [5.41, 5.74) is 0.703. The molecule has 2 heterocycles. The third kappa shape index (κ3) is 3.86. The number of rotatable bonds is 4. The number of benzene rings is 1. The minimum Gasteiger partial charge on any atom is -0.454 e. The number of nitrogens with zero attached hydrogens (tertiary/aromatic N) is 2. The van der Waals surface area contributed by atoms with E-state index in [1.165, 1.54) is 0 Å². The number of likely N-dealkylation sites (tertiary alicyclic amines) is 1. The molecule has 0 saturated carbocycles. The molecule has 0 bridgehead atoms. The van der Waals surface area contributed by atoms with E-state index in [-0.39, 0.29) is 30.7 Å². The van der Waals surface area contributed by atoms with E-state index in [1.54, 1.807) is 12.1 Å². The molecule has 1 aromatic rings. The number of hydrogen-bond donors (Lipinski definition) is 1. The number of hydrogen-bond acceptors (Lipinski definition) is 4. The van der Waals surface area contributed by atoms with E-state index < -0.39 is 0 Å². The van der Waals surface area contributed by atoms with Crippen molar-refractivity contribution in [2.45, 2.75) is 39.7 Å². The van der Waals surface area contributed by atoms with E-state index in [2.05, 4.69) is 5.32 Å². The number of carbonyl (C=O) groups excluding carboxylic acids is 2. The third-order valence-corrected chi connectivity index (χ3v) is 4.99. The van der Waals surface area contributed by atoms with Gasteiger partial charge in [-0.05, 0) is 45.7 Å². The summed E-state index contributed by atoms with van der Waals surface area (Å²) in [6, 6.07) is 5.63. The van der Waals surface area contributed by atoms with Crippen molar-refractivity contribution in [3.05, 3.63) is 18.2 Å². The molecule has 3 amide bonds. The van der Waals surface area contributed by atoms with Crippen LogP contribution < -0.4 is 14.8 Å². The van der Waals surface area contributed by atoms with Gasteiger partial charge in [-0.15, -0.1) is 0 Å². The maximum atomic E-state index is 12.6. The summed E-state index contributed by atoms with van der Waals surface area (Å²) in [7, 11) is 0. The molecular formula is C19H27N3O4. The van der Waals surface area contributed by atoms with Crippen LogP contribution in [0.25, 0.3) is 0 Å². The van der Waals surface area contributed by atoms with Crippen molar-refractivity contribution in [3.8, 4) is 11.5 Å². The second kappa shape index (κ2) is 7.85. The van der Waals surface area contributed by atoms with Crippen LogP contribution in [0.1, 0.15) is 33.6 Å². The van der Waals surface area contributed by atoms with E-state index in [9.17, 15) is 9.59 Å². The van der Waals surface area contributed by atoms with E-state index in [4.69, 9.17) is 9.47 Å². The van der Waals surface area contributed by atoms with Crippen LogP contribution in [0.15, 0.2) is 18.2 Å². The summed E-state index contributed by atoms with van der Waals surface area (Å²) in [6.45, 7) is 8.16. The number of fused-ring (bicyclic) bond motifs is 1. The molecule has 7 heteroatoms.